The Balaban J connectivity index is 1.79. The lowest BCUT2D eigenvalue weighted by Gasteiger charge is -2.23. The standard InChI is InChI=1S/C29H29FN4O6S/c1-33(2)25(35)17-34(41(3,39)40)22-12-10-21(11-13-22)31-28(19-7-4-18(5-8-19)6-15-26(36)37)27-23-14-9-20(30)16-24(23)32-29(27)38/h4-5,7-14,16,32,38H,6,15,17H2,1-3H3,(H,36,37). The number of aryl methyl sites for hydroxylation is 1. The number of carbonyl (C=O) groups is 2. The molecular formula is C29H29FN4O6S. The van der Waals surface area contributed by atoms with Crippen LogP contribution in [0.2, 0.25) is 0 Å². The van der Waals surface area contributed by atoms with Crippen LogP contribution in [0.5, 0.6) is 5.88 Å². The minimum absolute atomic E-state index is 0.0217. The van der Waals surface area contributed by atoms with Crippen molar-refractivity contribution >= 4 is 49.9 Å². The summed E-state index contributed by atoms with van der Waals surface area (Å²) in [5, 5.41) is 20.4. The van der Waals surface area contributed by atoms with Crippen molar-refractivity contribution in [3.8, 4) is 5.88 Å². The van der Waals surface area contributed by atoms with Crippen LogP contribution in [0.15, 0.2) is 71.7 Å². The number of carbonyl (C=O) groups excluding carboxylic acids is 1. The first-order valence-corrected chi connectivity index (χ1v) is 14.4. The molecule has 3 N–H and O–H groups in total. The number of nitrogens with one attached hydrogen (secondary N) is 1. The van der Waals surface area contributed by atoms with Gasteiger partial charge in [-0.15, -0.1) is 0 Å². The number of rotatable bonds is 10. The molecular weight excluding hydrogens is 551 g/mol. The minimum atomic E-state index is -3.76. The largest absolute Gasteiger partial charge is 0.494 e. The molecule has 0 spiro atoms. The number of H-pyrrole nitrogens is 1. The van der Waals surface area contributed by atoms with Crippen molar-refractivity contribution in [3.05, 3.63) is 89.2 Å². The number of anilines is 1. The summed E-state index contributed by atoms with van der Waals surface area (Å²) in [6, 6.07) is 17.3. The molecule has 0 unspecified atom stereocenters. The molecule has 214 valence electrons. The van der Waals surface area contributed by atoms with Crippen LogP contribution >= 0.6 is 0 Å². The van der Waals surface area contributed by atoms with E-state index in [9.17, 15) is 27.5 Å². The predicted molar refractivity (Wildman–Crippen MR) is 155 cm³/mol. The molecule has 41 heavy (non-hydrogen) atoms. The van der Waals surface area contributed by atoms with E-state index in [0.717, 1.165) is 16.1 Å². The van der Waals surface area contributed by atoms with E-state index in [0.29, 0.717) is 39.8 Å². The Morgan fingerprint density at radius 3 is 2.24 bits per heavy atom. The number of aliphatic imine (C=N–C) groups is 1. The van der Waals surface area contributed by atoms with E-state index in [1.165, 1.54) is 49.3 Å². The summed E-state index contributed by atoms with van der Waals surface area (Å²) in [4.78, 5) is 32.1. The summed E-state index contributed by atoms with van der Waals surface area (Å²) < 4.78 is 39.7. The van der Waals surface area contributed by atoms with Gasteiger partial charge >= 0.3 is 5.97 Å². The Labute approximate surface area is 236 Å². The minimum Gasteiger partial charge on any atom is -0.494 e. The van der Waals surface area contributed by atoms with Gasteiger partial charge in [0.25, 0.3) is 0 Å². The van der Waals surface area contributed by atoms with Gasteiger partial charge in [0, 0.05) is 31.5 Å². The monoisotopic (exact) mass is 580 g/mol. The van der Waals surface area contributed by atoms with Crippen molar-refractivity contribution in [2.75, 3.05) is 31.2 Å². The van der Waals surface area contributed by atoms with Crippen LogP contribution in [0.1, 0.15) is 23.1 Å². The second-order valence-electron chi connectivity index (χ2n) is 9.66. The van der Waals surface area contributed by atoms with Crippen LogP contribution in [0.3, 0.4) is 0 Å². The number of halogens is 1. The van der Waals surface area contributed by atoms with Gasteiger partial charge in [0.05, 0.1) is 34.4 Å². The number of carboxylic acid groups (broad SMARTS) is 1. The number of aliphatic carboxylic acids is 1. The highest BCUT2D eigenvalue weighted by atomic mass is 32.2. The third kappa shape index (κ3) is 6.90. The van der Waals surface area contributed by atoms with E-state index >= 15 is 0 Å². The Morgan fingerprint density at radius 1 is 1.00 bits per heavy atom. The molecule has 0 fully saturated rings. The van der Waals surface area contributed by atoms with E-state index in [2.05, 4.69) is 4.98 Å². The Kier molecular flexibility index (Phi) is 8.43. The lowest BCUT2D eigenvalue weighted by molar-refractivity contribution is -0.137. The topological polar surface area (TPSA) is 143 Å². The maximum absolute atomic E-state index is 13.9. The highest BCUT2D eigenvalue weighted by Gasteiger charge is 2.22. The predicted octanol–water partition coefficient (Wildman–Crippen LogP) is 4.05. The third-order valence-electron chi connectivity index (χ3n) is 6.39. The number of amides is 1. The number of nitrogens with zero attached hydrogens (tertiary/aromatic N) is 3. The molecule has 0 aliphatic rings. The normalized spacial score (nSPS) is 12.0. The summed E-state index contributed by atoms with van der Waals surface area (Å²) in [6.45, 7) is -0.367. The van der Waals surface area contributed by atoms with Gasteiger partial charge in [0.1, 0.15) is 12.4 Å². The fourth-order valence-corrected chi connectivity index (χ4v) is 5.08. The molecule has 4 rings (SSSR count). The van der Waals surface area contributed by atoms with E-state index in [1.807, 2.05) is 0 Å². The number of benzene rings is 3. The molecule has 10 nitrogen and oxygen atoms in total. The lowest BCUT2D eigenvalue weighted by Crippen LogP contribution is -2.39. The van der Waals surface area contributed by atoms with E-state index in [4.69, 9.17) is 10.1 Å². The molecule has 1 aromatic heterocycles. The maximum Gasteiger partial charge on any atom is 0.303 e. The maximum atomic E-state index is 13.9. The van der Waals surface area contributed by atoms with E-state index < -0.39 is 27.7 Å². The summed E-state index contributed by atoms with van der Waals surface area (Å²) in [5.74, 6) is -2.00. The molecule has 3 aromatic carbocycles. The summed E-state index contributed by atoms with van der Waals surface area (Å²) in [7, 11) is -0.689. The quantitative estimate of drug-likeness (QED) is 0.242. The molecule has 0 aliphatic heterocycles. The third-order valence-corrected chi connectivity index (χ3v) is 7.53. The van der Waals surface area contributed by atoms with E-state index in [-0.39, 0.29) is 24.5 Å². The number of likely N-dealkylation sites (N-methyl/N-ethyl adjacent to an activating group) is 1. The van der Waals surface area contributed by atoms with Gasteiger partial charge in [-0.25, -0.2) is 17.8 Å². The van der Waals surface area contributed by atoms with Crippen LogP contribution in [-0.2, 0) is 26.0 Å². The van der Waals surface area contributed by atoms with Crippen molar-refractivity contribution in [1.82, 2.24) is 9.88 Å². The van der Waals surface area contributed by atoms with Gasteiger partial charge in [-0.1, -0.05) is 24.3 Å². The molecule has 1 heterocycles. The van der Waals surface area contributed by atoms with Crippen molar-refractivity contribution in [2.45, 2.75) is 12.8 Å². The van der Waals surface area contributed by atoms with Crippen LogP contribution < -0.4 is 4.31 Å². The molecule has 1 amide bonds. The number of carboxylic acids is 1. The van der Waals surface area contributed by atoms with Gasteiger partial charge < -0.3 is 20.1 Å². The van der Waals surface area contributed by atoms with Gasteiger partial charge in [-0.2, -0.15) is 0 Å². The molecule has 0 saturated heterocycles. The first-order valence-electron chi connectivity index (χ1n) is 12.5. The second kappa shape index (κ2) is 11.8. The molecule has 0 saturated carbocycles. The van der Waals surface area contributed by atoms with Crippen LogP contribution in [0, 0.1) is 5.82 Å². The Bertz CT molecular complexity index is 1730. The number of hydrogen-bond donors (Lipinski definition) is 3. The summed E-state index contributed by atoms with van der Waals surface area (Å²) in [6.07, 6.45) is 1.34. The average molecular weight is 581 g/mol. The Hall–Kier alpha value is -4.71. The highest BCUT2D eigenvalue weighted by Crippen LogP contribution is 2.32. The number of sulfonamides is 1. The number of hydrogen-bond acceptors (Lipinski definition) is 6. The summed E-state index contributed by atoms with van der Waals surface area (Å²) in [5.41, 5.74) is 3.14. The number of fused-ring (bicyclic) bond motifs is 1. The number of aromatic nitrogens is 1. The first kappa shape index (κ1) is 29.3. The van der Waals surface area contributed by atoms with Crippen LogP contribution in [-0.4, -0.2) is 73.0 Å². The molecule has 4 aromatic rings. The van der Waals surface area contributed by atoms with Gasteiger partial charge in [-0.3, -0.25) is 13.9 Å². The molecule has 12 heteroatoms. The van der Waals surface area contributed by atoms with Crippen molar-refractivity contribution in [1.29, 1.82) is 0 Å². The first-order chi connectivity index (χ1) is 19.3. The van der Waals surface area contributed by atoms with Crippen LogP contribution in [0.25, 0.3) is 10.9 Å². The zero-order valence-electron chi connectivity index (χ0n) is 22.6. The highest BCUT2D eigenvalue weighted by molar-refractivity contribution is 7.92. The zero-order chi connectivity index (χ0) is 29.9. The van der Waals surface area contributed by atoms with E-state index in [1.54, 1.807) is 36.4 Å². The van der Waals surface area contributed by atoms with Gasteiger partial charge in [-0.05, 0) is 54.4 Å². The molecule has 0 radical (unpaired) electrons. The van der Waals surface area contributed by atoms with Gasteiger partial charge in [0.2, 0.25) is 15.9 Å². The summed E-state index contributed by atoms with van der Waals surface area (Å²) >= 11 is 0. The van der Waals surface area contributed by atoms with Crippen LogP contribution in [0.4, 0.5) is 15.8 Å². The zero-order valence-corrected chi connectivity index (χ0v) is 23.4. The fraction of sp³-hybridized carbons (Fsp3) is 0.207. The number of aromatic amines is 1. The average Bonchev–Trinajstić information content (AvgIpc) is 3.23. The van der Waals surface area contributed by atoms with Crippen molar-refractivity contribution in [2.24, 2.45) is 4.99 Å². The Morgan fingerprint density at radius 2 is 1.66 bits per heavy atom. The SMILES string of the molecule is CN(C)C(=O)CN(c1ccc(N=C(c2ccc(CCC(=O)O)cc2)c2c(O)[nH]c3cc(F)ccc23)cc1)S(C)(=O)=O. The smallest absolute Gasteiger partial charge is 0.303 e. The molecule has 0 aliphatic carbocycles. The second-order valence-corrected chi connectivity index (χ2v) is 11.6. The molecule has 0 atom stereocenters. The fourth-order valence-electron chi connectivity index (χ4n) is 4.23. The number of aromatic hydroxyl groups is 1. The lowest BCUT2D eigenvalue weighted by atomic mass is 9.98. The molecule has 0 bridgehead atoms. The van der Waals surface area contributed by atoms with Gasteiger partial charge in [0.15, 0.2) is 5.88 Å². The van der Waals surface area contributed by atoms with Crippen molar-refractivity contribution < 1.29 is 32.6 Å². The van der Waals surface area contributed by atoms with Crippen molar-refractivity contribution in [3.63, 3.8) is 0 Å².